The Hall–Kier alpha value is -2.62. The van der Waals surface area contributed by atoms with Gasteiger partial charge in [-0.15, -0.1) is 0 Å². The molecule has 0 saturated carbocycles. The van der Waals surface area contributed by atoms with Crippen LogP contribution in [-0.2, 0) is 24.2 Å². The molecule has 0 unspecified atom stereocenters. The highest BCUT2D eigenvalue weighted by atomic mass is 16.1. The Morgan fingerprint density at radius 1 is 1.08 bits per heavy atom. The number of benzene rings is 2. The molecule has 0 atom stereocenters. The highest BCUT2D eigenvalue weighted by molar-refractivity contribution is 5.79. The van der Waals surface area contributed by atoms with Crippen LogP contribution in [0.4, 0.5) is 0 Å². The van der Waals surface area contributed by atoms with Crippen LogP contribution in [0.25, 0.3) is 11.0 Å². The highest BCUT2D eigenvalue weighted by Gasteiger charge is 2.06. The van der Waals surface area contributed by atoms with Crippen LogP contribution in [0.3, 0.4) is 0 Å². The summed E-state index contributed by atoms with van der Waals surface area (Å²) in [4.78, 5) is 19.8. The molecule has 1 amide bonds. The van der Waals surface area contributed by atoms with Crippen molar-refractivity contribution >= 4 is 16.9 Å². The summed E-state index contributed by atoms with van der Waals surface area (Å²) >= 11 is 0. The lowest BCUT2D eigenvalue weighted by Crippen LogP contribution is -2.25. The van der Waals surface area contributed by atoms with Crippen molar-refractivity contribution in [2.24, 2.45) is 0 Å². The molecule has 0 aliphatic rings. The van der Waals surface area contributed by atoms with Crippen LogP contribution in [0.15, 0.2) is 48.5 Å². The minimum absolute atomic E-state index is 0.0109. The third kappa shape index (κ3) is 4.22. The Bertz CT molecular complexity index is 772. The Kier molecular flexibility index (Phi) is 5.26. The van der Waals surface area contributed by atoms with E-state index < -0.39 is 0 Å². The summed E-state index contributed by atoms with van der Waals surface area (Å²) in [6, 6.07) is 16.2. The van der Waals surface area contributed by atoms with E-state index in [4.69, 9.17) is 0 Å². The Balaban J connectivity index is 1.51. The van der Waals surface area contributed by atoms with Gasteiger partial charge in [-0.1, -0.05) is 49.7 Å². The highest BCUT2D eigenvalue weighted by Crippen LogP contribution is 2.11. The minimum atomic E-state index is 0.0109. The molecule has 0 spiro atoms. The Morgan fingerprint density at radius 3 is 2.58 bits per heavy atom. The number of imidazole rings is 1. The summed E-state index contributed by atoms with van der Waals surface area (Å²) in [5.41, 5.74) is 4.29. The molecule has 3 aromatic rings. The number of fused-ring (bicyclic) bond motifs is 1. The van der Waals surface area contributed by atoms with Gasteiger partial charge in [0.05, 0.1) is 24.0 Å². The fourth-order valence-electron chi connectivity index (χ4n) is 2.72. The number of carbonyl (C=O) groups excluding carboxylic acids is 1. The lowest BCUT2D eigenvalue weighted by molar-refractivity contribution is -0.120. The van der Waals surface area contributed by atoms with E-state index in [1.807, 2.05) is 36.4 Å². The number of aromatic amines is 1. The van der Waals surface area contributed by atoms with Crippen molar-refractivity contribution in [2.75, 3.05) is 0 Å². The molecule has 0 aliphatic heterocycles. The summed E-state index contributed by atoms with van der Waals surface area (Å²) in [5, 5.41) is 2.92. The smallest absolute Gasteiger partial charge is 0.224 e. The average molecular weight is 321 g/mol. The number of unbranched alkanes of at least 4 members (excludes halogenated alkanes) is 1. The number of aryl methyl sites for hydroxylation is 1. The predicted molar refractivity (Wildman–Crippen MR) is 96.7 cm³/mol. The number of aromatic nitrogens is 2. The van der Waals surface area contributed by atoms with Gasteiger partial charge in [0.2, 0.25) is 5.91 Å². The molecule has 124 valence electrons. The predicted octanol–water partition coefficient (Wildman–Crippen LogP) is 3.76. The molecular formula is C20H23N3O. The number of carbonyl (C=O) groups is 1. The van der Waals surface area contributed by atoms with E-state index in [1.54, 1.807) is 0 Å². The summed E-state index contributed by atoms with van der Waals surface area (Å²) in [7, 11) is 0. The van der Waals surface area contributed by atoms with E-state index in [9.17, 15) is 4.79 Å². The Morgan fingerprint density at radius 2 is 1.83 bits per heavy atom. The van der Waals surface area contributed by atoms with Crippen LogP contribution in [-0.4, -0.2) is 15.9 Å². The second kappa shape index (κ2) is 7.77. The molecule has 4 heteroatoms. The van der Waals surface area contributed by atoms with E-state index in [0.29, 0.717) is 13.0 Å². The molecule has 0 aliphatic carbocycles. The maximum atomic E-state index is 12.1. The molecule has 24 heavy (non-hydrogen) atoms. The van der Waals surface area contributed by atoms with Crippen LogP contribution < -0.4 is 5.32 Å². The van der Waals surface area contributed by atoms with Crippen molar-refractivity contribution in [3.8, 4) is 0 Å². The quantitative estimate of drug-likeness (QED) is 0.696. The summed E-state index contributed by atoms with van der Waals surface area (Å²) < 4.78 is 0. The topological polar surface area (TPSA) is 57.8 Å². The first-order chi connectivity index (χ1) is 11.7. The van der Waals surface area contributed by atoms with E-state index >= 15 is 0 Å². The zero-order valence-corrected chi connectivity index (χ0v) is 14.0. The van der Waals surface area contributed by atoms with Crippen molar-refractivity contribution in [1.82, 2.24) is 15.3 Å². The number of nitrogens with zero attached hydrogens (tertiary/aromatic N) is 1. The van der Waals surface area contributed by atoms with Gasteiger partial charge in [-0.2, -0.15) is 0 Å². The number of nitrogens with one attached hydrogen (secondary N) is 2. The molecule has 0 fully saturated rings. The van der Waals surface area contributed by atoms with Gasteiger partial charge in [0.25, 0.3) is 0 Å². The number of hydrogen-bond donors (Lipinski definition) is 2. The molecule has 0 radical (unpaired) electrons. The summed E-state index contributed by atoms with van der Waals surface area (Å²) in [6.07, 6.45) is 3.91. The number of rotatable bonds is 7. The first kappa shape index (κ1) is 16.2. The molecular weight excluding hydrogens is 298 g/mol. The molecule has 0 bridgehead atoms. The van der Waals surface area contributed by atoms with Crippen molar-refractivity contribution in [2.45, 2.75) is 39.2 Å². The van der Waals surface area contributed by atoms with E-state index in [2.05, 4.69) is 34.3 Å². The second-order valence-electron chi connectivity index (χ2n) is 6.07. The zero-order valence-electron chi connectivity index (χ0n) is 14.0. The van der Waals surface area contributed by atoms with Crippen LogP contribution >= 0.6 is 0 Å². The number of H-pyrrole nitrogens is 1. The van der Waals surface area contributed by atoms with Gasteiger partial charge in [0.1, 0.15) is 5.82 Å². The van der Waals surface area contributed by atoms with Crippen molar-refractivity contribution in [1.29, 1.82) is 0 Å². The molecule has 1 aromatic heterocycles. The van der Waals surface area contributed by atoms with Crippen molar-refractivity contribution < 1.29 is 4.79 Å². The largest absolute Gasteiger partial charge is 0.349 e. The molecule has 2 N–H and O–H groups in total. The lowest BCUT2D eigenvalue weighted by Gasteiger charge is -2.05. The van der Waals surface area contributed by atoms with Crippen LogP contribution in [0, 0.1) is 0 Å². The maximum absolute atomic E-state index is 12.1. The number of para-hydroxylation sites is 2. The van der Waals surface area contributed by atoms with Gasteiger partial charge >= 0.3 is 0 Å². The standard InChI is InChI=1S/C20H23N3O/c1-2-3-6-15-9-11-16(12-10-15)13-20(24)21-14-19-22-17-7-4-5-8-18(17)23-19/h4-5,7-12H,2-3,6,13-14H2,1H3,(H,21,24)(H,22,23). The van der Waals surface area contributed by atoms with Gasteiger partial charge < -0.3 is 10.3 Å². The minimum Gasteiger partial charge on any atom is -0.349 e. The normalized spacial score (nSPS) is 10.9. The van der Waals surface area contributed by atoms with Crippen LogP contribution in [0.5, 0.6) is 0 Å². The van der Waals surface area contributed by atoms with Gasteiger partial charge in [0.15, 0.2) is 0 Å². The third-order valence-electron chi connectivity index (χ3n) is 4.10. The van der Waals surface area contributed by atoms with Crippen molar-refractivity contribution in [3.63, 3.8) is 0 Å². The summed E-state index contributed by atoms with van der Waals surface area (Å²) in [5.74, 6) is 0.788. The van der Waals surface area contributed by atoms with Gasteiger partial charge in [-0.3, -0.25) is 4.79 Å². The van der Waals surface area contributed by atoms with Crippen molar-refractivity contribution in [3.05, 3.63) is 65.5 Å². The zero-order chi connectivity index (χ0) is 16.8. The molecule has 4 nitrogen and oxygen atoms in total. The molecule has 2 aromatic carbocycles. The SMILES string of the molecule is CCCCc1ccc(CC(=O)NCc2nc3ccccc3[nH]2)cc1. The first-order valence-corrected chi connectivity index (χ1v) is 8.52. The fourth-order valence-corrected chi connectivity index (χ4v) is 2.72. The monoisotopic (exact) mass is 321 g/mol. The van der Waals surface area contributed by atoms with Gasteiger partial charge in [-0.05, 0) is 36.1 Å². The fraction of sp³-hybridized carbons (Fsp3) is 0.300. The van der Waals surface area contributed by atoms with Gasteiger partial charge in [-0.25, -0.2) is 4.98 Å². The Labute approximate surface area is 142 Å². The van der Waals surface area contributed by atoms with E-state index in [1.165, 1.54) is 18.4 Å². The second-order valence-corrected chi connectivity index (χ2v) is 6.07. The van der Waals surface area contributed by atoms with E-state index in [-0.39, 0.29) is 5.91 Å². The molecule has 1 heterocycles. The first-order valence-electron chi connectivity index (χ1n) is 8.52. The maximum Gasteiger partial charge on any atom is 0.224 e. The molecule has 0 saturated heterocycles. The number of amides is 1. The lowest BCUT2D eigenvalue weighted by atomic mass is 10.0. The molecule has 3 rings (SSSR count). The average Bonchev–Trinajstić information content (AvgIpc) is 3.02. The number of hydrogen-bond acceptors (Lipinski definition) is 2. The van der Waals surface area contributed by atoms with Crippen LogP contribution in [0.2, 0.25) is 0 Å². The summed E-state index contributed by atoms with van der Waals surface area (Å²) in [6.45, 7) is 2.61. The van der Waals surface area contributed by atoms with E-state index in [0.717, 1.165) is 28.8 Å². The van der Waals surface area contributed by atoms with Gasteiger partial charge in [0, 0.05) is 0 Å². The third-order valence-corrected chi connectivity index (χ3v) is 4.10. The van der Waals surface area contributed by atoms with Crippen LogP contribution in [0.1, 0.15) is 36.7 Å².